The molecule has 7 heteroatoms. The molecule has 2 aromatic heterocycles. The third-order valence-electron chi connectivity index (χ3n) is 3.35. The first kappa shape index (κ1) is 14.8. The predicted molar refractivity (Wildman–Crippen MR) is 82.6 cm³/mol. The van der Waals surface area contributed by atoms with Crippen molar-refractivity contribution in [1.29, 1.82) is 0 Å². The zero-order chi connectivity index (χ0) is 15.2. The van der Waals surface area contributed by atoms with Crippen molar-refractivity contribution in [2.75, 3.05) is 18.8 Å². The second kappa shape index (κ2) is 7.22. The van der Waals surface area contributed by atoms with Crippen molar-refractivity contribution in [2.45, 2.75) is 17.4 Å². The summed E-state index contributed by atoms with van der Waals surface area (Å²) < 4.78 is 5.76. The van der Waals surface area contributed by atoms with E-state index in [1.54, 1.807) is 24.7 Å². The average Bonchev–Trinajstić information content (AvgIpc) is 3.03. The Kier molecular flexibility index (Phi) is 4.85. The van der Waals surface area contributed by atoms with Crippen LogP contribution < -0.4 is 4.74 Å². The molecule has 1 aliphatic heterocycles. The van der Waals surface area contributed by atoms with Crippen LogP contribution in [-0.2, 0) is 4.79 Å². The maximum absolute atomic E-state index is 12.2. The first-order valence-corrected chi connectivity index (χ1v) is 8.03. The maximum Gasteiger partial charge on any atom is 0.233 e. The molecule has 1 fully saturated rings. The number of hydrogen-bond acceptors (Lipinski definition) is 6. The van der Waals surface area contributed by atoms with E-state index in [9.17, 15) is 4.79 Å². The van der Waals surface area contributed by atoms with Gasteiger partial charge in [0.2, 0.25) is 11.8 Å². The first-order chi connectivity index (χ1) is 10.8. The van der Waals surface area contributed by atoms with Crippen LogP contribution in [-0.4, -0.2) is 50.7 Å². The van der Waals surface area contributed by atoms with E-state index in [0.717, 1.165) is 17.9 Å². The average molecular weight is 316 g/mol. The van der Waals surface area contributed by atoms with Gasteiger partial charge in [-0.25, -0.2) is 9.97 Å². The molecule has 0 saturated carbocycles. The highest BCUT2D eigenvalue weighted by atomic mass is 32.2. The number of amides is 1. The lowest BCUT2D eigenvalue weighted by Crippen LogP contribution is -2.32. The van der Waals surface area contributed by atoms with E-state index in [-0.39, 0.29) is 12.0 Å². The minimum absolute atomic E-state index is 0.00442. The molecule has 0 aliphatic carbocycles. The SMILES string of the molecule is O=C(CSc1ccncc1)N1CC[C@@H](Oc2ccncn2)C1. The standard InChI is InChI=1S/C15H16N4O2S/c20-15(10-22-13-1-5-16-6-2-13)19-8-4-12(9-19)21-14-3-7-17-11-18-14/h1-3,5-7,11-12H,4,8-10H2/t12-/m1/s1. The van der Waals surface area contributed by atoms with Gasteiger partial charge in [-0.15, -0.1) is 11.8 Å². The van der Waals surface area contributed by atoms with E-state index in [4.69, 9.17) is 4.74 Å². The summed E-state index contributed by atoms with van der Waals surface area (Å²) in [7, 11) is 0. The molecule has 22 heavy (non-hydrogen) atoms. The highest BCUT2D eigenvalue weighted by Crippen LogP contribution is 2.20. The minimum atomic E-state index is 0.00442. The van der Waals surface area contributed by atoms with E-state index < -0.39 is 0 Å². The quantitative estimate of drug-likeness (QED) is 0.781. The third-order valence-corrected chi connectivity index (χ3v) is 4.35. The molecule has 0 spiro atoms. The smallest absolute Gasteiger partial charge is 0.233 e. The Morgan fingerprint density at radius 1 is 1.27 bits per heavy atom. The molecule has 3 rings (SSSR count). The molecule has 0 aromatic carbocycles. The van der Waals surface area contributed by atoms with Gasteiger partial charge in [0.05, 0.1) is 12.3 Å². The fourth-order valence-electron chi connectivity index (χ4n) is 2.24. The number of ether oxygens (including phenoxy) is 1. The minimum Gasteiger partial charge on any atom is -0.472 e. The second-order valence-electron chi connectivity index (χ2n) is 4.89. The van der Waals surface area contributed by atoms with Crippen molar-refractivity contribution in [1.82, 2.24) is 19.9 Å². The van der Waals surface area contributed by atoms with Gasteiger partial charge >= 0.3 is 0 Å². The summed E-state index contributed by atoms with van der Waals surface area (Å²) in [6.45, 7) is 1.34. The molecule has 0 radical (unpaired) electrons. The summed E-state index contributed by atoms with van der Waals surface area (Å²) in [6.07, 6.45) is 7.40. The van der Waals surface area contributed by atoms with Gasteiger partial charge in [-0.2, -0.15) is 0 Å². The predicted octanol–water partition coefficient (Wildman–Crippen LogP) is 1.64. The van der Waals surface area contributed by atoms with Crippen LogP contribution in [0.3, 0.4) is 0 Å². The molecule has 1 saturated heterocycles. The van der Waals surface area contributed by atoms with E-state index in [1.807, 2.05) is 17.0 Å². The number of thioether (sulfide) groups is 1. The molecule has 1 aliphatic rings. The molecule has 2 aromatic rings. The Labute approximate surface area is 132 Å². The van der Waals surface area contributed by atoms with Crippen LogP contribution in [0.2, 0.25) is 0 Å². The highest BCUT2D eigenvalue weighted by Gasteiger charge is 2.27. The number of rotatable bonds is 5. The number of hydrogen-bond donors (Lipinski definition) is 0. The van der Waals surface area contributed by atoms with Gasteiger partial charge in [-0.05, 0) is 12.1 Å². The zero-order valence-electron chi connectivity index (χ0n) is 12.0. The van der Waals surface area contributed by atoms with Gasteiger partial charge in [0.1, 0.15) is 12.4 Å². The number of pyridine rings is 1. The first-order valence-electron chi connectivity index (χ1n) is 7.04. The third kappa shape index (κ3) is 3.94. The fourth-order valence-corrected chi connectivity index (χ4v) is 3.03. The summed E-state index contributed by atoms with van der Waals surface area (Å²) in [5, 5.41) is 0. The van der Waals surface area contributed by atoms with E-state index >= 15 is 0 Å². The Morgan fingerprint density at radius 3 is 2.86 bits per heavy atom. The second-order valence-corrected chi connectivity index (χ2v) is 5.94. The van der Waals surface area contributed by atoms with Crippen molar-refractivity contribution in [3.8, 4) is 5.88 Å². The number of carbonyl (C=O) groups excluding carboxylic acids is 1. The summed E-state index contributed by atoms with van der Waals surface area (Å²) >= 11 is 1.53. The monoisotopic (exact) mass is 316 g/mol. The molecule has 1 amide bonds. The van der Waals surface area contributed by atoms with Crippen LogP contribution in [0.1, 0.15) is 6.42 Å². The number of likely N-dealkylation sites (tertiary alicyclic amines) is 1. The lowest BCUT2D eigenvalue weighted by atomic mass is 10.3. The molecule has 0 N–H and O–H groups in total. The Morgan fingerprint density at radius 2 is 2.09 bits per heavy atom. The number of nitrogens with zero attached hydrogens (tertiary/aromatic N) is 4. The van der Waals surface area contributed by atoms with E-state index in [1.165, 1.54) is 18.1 Å². The van der Waals surface area contributed by atoms with Gasteiger partial charge in [0.25, 0.3) is 0 Å². The van der Waals surface area contributed by atoms with Crippen LogP contribution >= 0.6 is 11.8 Å². The van der Waals surface area contributed by atoms with Gasteiger partial charge in [-0.3, -0.25) is 9.78 Å². The molecule has 6 nitrogen and oxygen atoms in total. The van der Waals surface area contributed by atoms with Crippen molar-refractivity contribution >= 4 is 17.7 Å². The van der Waals surface area contributed by atoms with Crippen molar-refractivity contribution in [3.63, 3.8) is 0 Å². The van der Waals surface area contributed by atoms with Crippen LogP contribution in [0.5, 0.6) is 5.88 Å². The van der Waals surface area contributed by atoms with Crippen molar-refractivity contribution in [3.05, 3.63) is 43.1 Å². The summed E-state index contributed by atoms with van der Waals surface area (Å²) in [5.41, 5.74) is 0. The molecule has 3 heterocycles. The summed E-state index contributed by atoms with van der Waals surface area (Å²) in [4.78, 5) is 27.0. The zero-order valence-corrected chi connectivity index (χ0v) is 12.8. The molecule has 0 unspecified atom stereocenters. The Balaban J connectivity index is 1.46. The van der Waals surface area contributed by atoms with Crippen LogP contribution in [0.4, 0.5) is 0 Å². The van der Waals surface area contributed by atoms with Crippen molar-refractivity contribution in [2.24, 2.45) is 0 Å². The van der Waals surface area contributed by atoms with Gasteiger partial charge in [0, 0.05) is 42.5 Å². The van der Waals surface area contributed by atoms with Gasteiger partial charge < -0.3 is 9.64 Å². The van der Waals surface area contributed by atoms with Gasteiger partial charge in [0.15, 0.2) is 0 Å². The lowest BCUT2D eigenvalue weighted by Gasteiger charge is -2.16. The molecular weight excluding hydrogens is 300 g/mol. The van der Waals surface area contributed by atoms with Crippen LogP contribution in [0.15, 0.2) is 48.0 Å². The highest BCUT2D eigenvalue weighted by molar-refractivity contribution is 8.00. The molecular formula is C15H16N4O2S. The summed E-state index contributed by atoms with van der Waals surface area (Å²) in [5.74, 6) is 1.13. The van der Waals surface area contributed by atoms with Crippen LogP contribution in [0.25, 0.3) is 0 Å². The molecule has 1 atom stereocenters. The van der Waals surface area contributed by atoms with Crippen LogP contribution in [0, 0.1) is 0 Å². The fraction of sp³-hybridized carbons (Fsp3) is 0.333. The topological polar surface area (TPSA) is 68.2 Å². The normalized spacial score (nSPS) is 17.5. The van der Waals surface area contributed by atoms with Crippen molar-refractivity contribution < 1.29 is 9.53 Å². The maximum atomic E-state index is 12.2. The lowest BCUT2D eigenvalue weighted by molar-refractivity contribution is -0.127. The van der Waals surface area contributed by atoms with E-state index in [2.05, 4.69) is 15.0 Å². The molecule has 114 valence electrons. The Hall–Kier alpha value is -2.15. The van der Waals surface area contributed by atoms with E-state index in [0.29, 0.717) is 18.2 Å². The Bertz CT molecular complexity index is 611. The number of aromatic nitrogens is 3. The molecule has 0 bridgehead atoms. The number of carbonyl (C=O) groups is 1. The largest absolute Gasteiger partial charge is 0.472 e. The summed E-state index contributed by atoms with van der Waals surface area (Å²) in [6, 6.07) is 5.54. The van der Waals surface area contributed by atoms with Gasteiger partial charge in [-0.1, -0.05) is 0 Å².